The summed E-state index contributed by atoms with van der Waals surface area (Å²) in [5.41, 5.74) is 1.78. The van der Waals surface area contributed by atoms with Crippen molar-refractivity contribution >= 4 is 5.91 Å². The highest BCUT2D eigenvalue weighted by molar-refractivity contribution is 5.94. The van der Waals surface area contributed by atoms with Gasteiger partial charge < -0.3 is 15.1 Å². The number of piperidine rings is 1. The van der Waals surface area contributed by atoms with Crippen LogP contribution in [0, 0.1) is 19.3 Å². The van der Waals surface area contributed by atoms with Crippen LogP contribution in [0.4, 0.5) is 0 Å². The van der Waals surface area contributed by atoms with Gasteiger partial charge in [0.05, 0.1) is 12.7 Å². The molecule has 0 radical (unpaired) electrons. The lowest BCUT2D eigenvalue weighted by atomic mass is 9.73. The van der Waals surface area contributed by atoms with E-state index in [1.807, 2.05) is 20.8 Å². The van der Waals surface area contributed by atoms with Crippen LogP contribution in [0.25, 0.3) is 0 Å². The largest absolute Gasteiger partial charge is 0.396 e. The van der Waals surface area contributed by atoms with Crippen molar-refractivity contribution < 1.29 is 15.0 Å². The van der Waals surface area contributed by atoms with E-state index < -0.39 is 11.5 Å². The Hall–Kier alpha value is -1.46. The van der Waals surface area contributed by atoms with Gasteiger partial charge in [0.15, 0.2) is 0 Å². The number of aromatic nitrogens is 1. The molecule has 1 aliphatic heterocycles. The predicted molar refractivity (Wildman–Crippen MR) is 84.7 cm³/mol. The van der Waals surface area contributed by atoms with E-state index in [2.05, 4.69) is 4.98 Å². The normalized spacial score (nSPS) is 25.3. The molecule has 1 aromatic heterocycles. The maximum absolute atomic E-state index is 12.6. The Labute approximate surface area is 132 Å². The van der Waals surface area contributed by atoms with E-state index in [1.165, 1.54) is 0 Å². The topological polar surface area (TPSA) is 73.7 Å². The molecule has 22 heavy (non-hydrogen) atoms. The summed E-state index contributed by atoms with van der Waals surface area (Å²) in [6.07, 6.45) is 1.64. The zero-order valence-corrected chi connectivity index (χ0v) is 13.7. The summed E-state index contributed by atoms with van der Waals surface area (Å²) in [6.45, 7) is 6.60. The minimum Gasteiger partial charge on any atom is -0.396 e. The number of nitrogens with zero attached hydrogens (tertiary/aromatic N) is 2. The van der Waals surface area contributed by atoms with Crippen molar-refractivity contribution in [3.63, 3.8) is 0 Å². The fourth-order valence-corrected chi connectivity index (χ4v) is 3.40. The Morgan fingerprint density at radius 1 is 1.41 bits per heavy atom. The molecule has 2 atom stereocenters. The smallest absolute Gasteiger partial charge is 0.254 e. The van der Waals surface area contributed by atoms with Crippen molar-refractivity contribution in [3.05, 3.63) is 29.1 Å². The van der Waals surface area contributed by atoms with Crippen LogP contribution in [0.3, 0.4) is 0 Å². The number of aliphatic hydroxyl groups excluding tert-OH is 2. The fourth-order valence-electron chi connectivity index (χ4n) is 3.40. The third-order valence-corrected chi connectivity index (χ3v) is 4.66. The van der Waals surface area contributed by atoms with Crippen molar-refractivity contribution in [1.82, 2.24) is 9.88 Å². The first-order chi connectivity index (χ1) is 10.4. The molecular weight excluding hydrogens is 280 g/mol. The van der Waals surface area contributed by atoms with Crippen molar-refractivity contribution in [2.75, 3.05) is 19.7 Å². The number of carbonyl (C=O) groups excluding carboxylic acids is 1. The molecule has 122 valence electrons. The summed E-state index contributed by atoms with van der Waals surface area (Å²) in [6, 6.07) is 3.56. The molecule has 5 nitrogen and oxygen atoms in total. The van der Waals surface area contributed by atoms with Gasteiger partial charge in [-0.15, -0.1) is 0 Å². The lowest BCUT2D eigenvalue weighted by Gasteiger charge is -2.44. The van der Waals surface area contributed by atoms with Crippen LogP contribution in [0.15, 0.2) is 12.1 Å². The predicted octanol–water partition coefficient (Wildman–Crippen LogP) is 1.68. The zero-order chi connectivity index (χ0) is 16.3. The molecule has 0 bridgehead atoms. The monoisotopic (exact) mass is 306 g/mol. The van der Waals surface area contributed by atoms with E-state index in [9.17, 15) is 15.0 Å². The van der Waals surface area contributed by atoms with Gasteiger partial charge in [-0.2, -0.15) is 0 Å². The highest BCUT2D eigenvalue weighted by atomic mass is 16.3. The van der Waals surface area contributed by atoms with E-state index >= 15 is 0 Å². The van der Waals surface area contributed by atoms with Crippen molar-refractivity contribution in [3.8, 4) is 0 Å². The van der Waals surface area contributed by atoms with Crippen LogP contribution in [-0.4, -0.2) is 51.8 Å². The molecule has 1 aromatic rings. The number of β-amino-alcohol motifs (C(OH)–C–C–N with tert-alkyl or cyclic N) is 1. The Bertz CT molecular complexity index is 526. The average molecular weight is 306 g/mol. The van der Waals surface area contributed by atoms with Crippen LogP contribution >= 0.6 is 0 Å². The number of hydrogen-bond acceptors (Lipinski definition) is 4. The first-order valence-corrected chi connectivity index (χ1v) is 7.95. The lowest BCUT2D eigenvalue weighted by molar-refractivity contribution is -0.0713. The fraction of sp³-hybridized carbons (Fsp3) is 0.647. The average Bonchev–Trinajstić information content (AvgIpc) is 2.48. The number of rotatable bonds is 4. The molecule has 0 aromatic carbocycles. The van der Waals surface area contributed by atoms with Crippen molar-refractivity contribution in [2.24, 2.45) is 5.41 Å². The third kappa shape index (κ3) is 3.31. The second kappa shape index (κ2) is 6.75. The van der Waals surface area contributed by atoms with Gasteiger partial charge in [-0.25, -0.2) is 0 Å². The summed E-state index contributed by atoms with van der Waals surface area (Å²) in [7, 11) is 0. The van der Waals surface area contributed by atoms with Crippen molar-refractivity contribution in [2.45, 2.75) is 46.1 Å². The minimum atomic E-state index is -0.681. The number of pyridine rings is 1. The first-order valence-electron chi connectivity index (χ1n) is 7.95. The second-order valence-corrected chi connectivity index (χ2v) is 6.43. The van der Waals surface area contributed by atoms with Gasteiger partial charge in [-0.1, -0.05) is 13.3 Å². The van der Waals surface area contributed by atoms with Crippen LogP contribution in [-0.2, 0) is 0 Å². The van der Waals surface area contributed by atoms with Gasteiger partial charge in [0.1, 0.15) is 0 Å². The van der Waals surface area contributed by atoms with Crippen LogP contribution in [0.5, 0.6) is 0 Å². The molecular formula is C17H26N2O3. The summed E-state index contributed by atoms with van der Waals surface area (Å²) >= 11 is 0. The quantitative estimate of drug-likeness (QED) is 0.887. The summed E-state index contributed by atoms with van der Waals surface area (Å²) in [5, 5.41) is 20.1. The molecule has 2 heterocycles. The zero-order valence-electron chi connectivity index (χ0n) is 13.7. The number of aliphatic hydroxyl groups is 2. The number of carbonyl (C=O) groups is 1. The van der Waals surface area contributed by atoms with Gasteiger partial charge >= 0.3 is 0 Å². The third-order valence-electron chi connectivity index (χ3n) is 4.66. The molecule has 1 fully saturated rings. The maximum atomic E-state index is 12.6. The summed E-state index contributed by atoms with van der Waals surface area (Å²) in [5.74, 6) is -0.0734. The van der Waals surface area contributed by atoms with Crippen LogP contribution < -0.4 is 0 Å². The van der Waals surface area contributed by atoms with E-state index in [0.717, 1.165) is 24.2 Å². The Morgan fingerprint density at radius 3 is 2.55 bits per heavy atom. The van der Waals surface area contributed by atoms with Gasteiger partial charge in [-0.3, -0.25) is 9.78 Å². The molecule has 1 aliphatic rings. The van der Waals surface area contributed by atoms with E-state index in [1.54, 1.807) is 17.0 Å². The Kier molecular flexibility index (Phi) is 5.19. The molecule has 2 N–H and O–H groups in total. The van der Waals surface area contributed by atoms with Gasteiger partial charge in [0.25, 0.3) is 5.91 Å². The maximum Gasteiger partial charge on any atom is 0.254 e. The Morgan fingerprint density at radius 2 is 2.05 bits per heavy atom. The van der Waals surface area contributed by atoms with Gasteiger partial charge in [-0.05, 0) is 38.8 Å². The molecule has 0 aliphatic carbocycles. The number of likely N-dealkylation sites (tertiary alicyclic amines) is 1. The molecule has 0 unspecified atom stereocenters. The number of aryl methyl sites for hydroxylation is 2. The molecule has 2 rings (SSSR count). The number of amides is 1. The van der Waals surface area contributed by atoms with E-state index in [-0.39, 0.29) is 19.1 Å². The number of hydrogen-bond donors (Lipinski definition) is 2. The van der Waals surface area contributed by atoms with Crippen LogP contribution in [0.2, 0.25) is 0 Å². The highest BCUT2D eigenvalue weighted by Gasteiger charge is 2.42. The van der Waals surface area contributed by atoms with Crippen molar-refractivity contribution in [1.29, 1.82) is 0 Å². The minimum absolute atomic E-state index is 0.0302. The summed E-state index contributed by atoms with van der Waals surface area (Å²) in [4.78, 5) is 18.6. The molecule has 1 saturated heterocycles. The molecule has 5 heteroatoms. The second-order valence-electron chi connectivity index (χ2n) is 6.43. The van der Waals surface area contributed by atoms with Gasteiger partial charge in [0.2, 0.25) is 0 Å². The molecule has 0 saturated carbocycles. The van der Waals surface area contributed by atoms with Gasteiger partial charge in [0, 0.05) is 35.5 Å². The lowest BCUT2D eigenvalue weighted by Crippen LogP contribution is -2.54. The molecule has 0 spiro atoms. The molecule has 1 amide bonds. The van der Waals surface area contributed by atoms with Crippen LogP contribution in [0.1, 0.15) is 47.9 Å². The highest BCUT2D eigenvalue weighted by Crippen LogP contribution is 2.36. The SMILES string of the molecule is CCC[C@]1(CO)CCN(C(=O)c2cc(C)nc(C)c2)C[C@H]1O. The van der Waals surface area contributed by atoms with E-state index in [0.29, 0.717) is 18.5 Å². The Balaban J connectivity index is 2.14. The standard InChI is InChI=1S/C17H26N2O3/c1-4-5-17(11-20)6-7-19(10-15(17)21)16(22)14-8-12(2)18-13(3)9-14/h8-9,15,20-21H,4-7,10-11H2,1-3H3/t15-,17-/m1/s1. The summed E-state index contributed by atoms with van der Waals surface area (Å²) < 4.78 is 0. The van der Waals surface area contributed by atoms with E-state index in [4.69, 9.17) is 0 Å². The first kappa shape index (κ1) is 16.9.